The first-order valence-electron chi connectivity index (χ1n) is 4.05. The van der Waals surface area contributed by atoms with E-state index in [0.29, 0.717) is 5.41 Å². The van der Waals surface area contributed by atoms with Gasteiger partial charge in [0, 0.05) is 0 Å². The molecule has 0 rings (SSSR count). The highest BCUT2D eigenvalue weighted by Gasteiger charge is 2.07. The van der Waals surface area contributed by atoms with Crippen LogP contribution in [-0.4, -0.2) is 0 Å². The van der Waals surface area contributed by atoms with Gasteiger partial charge in [-0.25, -0.2) is 0 Å². The van der Waals surface area contributed by atoms with Crippen LogP contribution < -0.4 is 0 Å². The molecule has 0 atom stereocenters. The van der Waals surface area contributed by atoms with Crippen molar-refractivity contribution < 1.29 is 0 Å². The molecule has 0 aliphatic carbocycles. The van der Waals surface area contributed by atoms with Crippen molar-refractivity contribution in [1.29, 1.82) is 0 Å². The van der Waals surface area contributed by atoms with Gasteiger partial charge in [0.05, 0.1) is 0 Å². The van der Waals surface area contributed by atoms with Crippen molar-refractivity contribution in [3.8, 4) is 0 Å². The van der Waals surface area contributed by atoms with Gasteiger partial charge in [-0.2, -0.15) is 0 Å². The minimum absolute atomic E-state index is 0. The maximum Gasteiger partial charge on any atom is -0.0343 e. The Bertz CT molecular complexity index is 108. The zero-order valence-electron chi connectivity index (χ0n) is 7.99. The van der Waals surface area contributed by atoms with Crippen molar-refractivity contribution in [3.63, 3.8) is 0 Å². The molecular weight excluding hydrogens is 132 g/mol. The van der Waals surface area contributed by atoms with E-state index in [0.717, 1.165) is 0 Å². The van der Waals surface area contributed by atoms with Gasteiger partial charge in [-0.15, -0.1) is 0 Å². The van der Waals surface area contributed by atoms with E-state index in [1.807, 2.05) is 0 Å². The first-order valence-corrected chi connectivity index (χ1v) is 4.05. The lowest BCUT2D eigenvalue weighted by molar-refractivity contribution is 0.381. The molecule has 0 saturated carbocycles. The Kier molecular flexibility index (Phi) is 6.55. The largest absolute Gasteiger partial charge is 0.0859 e. The molecule has 0 heteroatoms. The first kappa shape index (κ1) is 13.3. The van der Waals surface area contributed by atoms with Crippen molar-refractivity contribution in [2.24, 2.45) is 5.41 Å². The van der Waals surface area contributed by atoms with Crippen LogP contribution in [0.15, 0.2) is 11.6 Å². The number of hydrogen-bond donors (Lipinski definition) is 0. The number of rotatable bonds is 2. The minimum atomic E-state index is 0. The number of allylic oxidation sites excluding steroid dienone is 2. The Morgan fingerprint density at radius 1 is 1.18 bits per heavy atom. The van der Waals surface area contributed by atoms with E-state index >= 15 is 0 Å². The lowest BCUT2D eigenvalue weighted by atomic mass is 9.90. The quantitative estimate of drug-likeness (QED) is 0.519. The van der Waals surface area contributed by atoms with Crippen molar-refractivity contribution in [3.05, 3.63) is 11.6 Å². The van der Waals surface area contributed by atoms with Crippen molar-refractivity contribution in [1.82, 2.24) is 0 Å². The maximum absolute atomic E-state index is 2.31. The summed E-state index contributed by atoms with van der Waals surface area (Å²) in [5.41, 5.74) is 1.93. The molecule has 0 aromatic carbocycles. The van der Waals surface area contributed by atoms with Gasteiger partial charge in [0.15, 0.2) is 0 Å². The highest BCUT2D eigenvalue weighted by atomic mass is 14.1. The summed E-state index contributed by atoms with van der Waals surface area (Å²) in [6.45, 7) is 11.2. The van der Waals surface area contributed by atoms with Crippen molar-refractivity contribution in [2.45, 2.75) is 54.9 Å². The third-order valence-corrected chi connectivity index (χ3v) is 1.45. The van der Waals surface area contributed by atoms with Crippen LogP contribution in [0.5, 0.6) is 0 Å². The average molecular weight is 156 g/mol. The summed E-state index contributed by atoms with van der Waals surface area (Å²) >= 11 is 0. The fraction of sp³-hybridized carbons (Fsp3) is 0.818. The van der Waals surface area contributed by atoms with Crippen LogP contribution >= 0.6 is 0 Å². The van der Waals surface area contributed by atoms with Crippen LogP contribution in [0.3, 0.4) is 0 Å². The van der Waals surface area contributed by atoms with Crippen LogP contribution in [0.25, 0.3) is 0 Å². The third kappa shape index (κ3) is 12.8. The second kappa shape index (κ2) is 5.40. The summed E-state index contributed by atoms with van der Waals surface area (Å²) in [4.78, 5) is 0. The summed E-state index contributed by atoms with van der Waals surface area (Å²) in [6, 6.07) is 0. The highest BCUT2D eigenvalue weighted by molar-refractivity contribution is 4.93. The summed E-state index contributed by atoms with van der Waals surface area (Å²) in [5.74, 6) is 0. The molecule has 0 unspecified atom stereocenters. The molecule has 0 amide bonds. The van der Waals surface area contributed by atoms with Gasteiger partial charge in [0.2, 0.25) is 0 Å². The van der Waals surface area contributed by atoms with Crippen molar-refractivity contribution >= 4 is 0 Å². The summed E-state index contributed by atoms with van der Waals surface area (Å²) in [6.07, 6.45) is 4.83. The van der Waals surface area contributed by atoms with Gasteiger partial charge < -0.3 is 0 Å². The first-order chi connectivity index (χ1) is 4.42. The second-order valence-electron chi connectivity index (χ2n) is 4.38. The van der Waals surface area contributed by atoms with E-state index in [2.05, 4.69) is 40.7 Å². The number of hydrogen-bond acceptors (Lipinski definition) is 0. The molecule has 0 aliphatic heterocycles. The molecule has 0 aromatic heterocycles. The Hall–Kier alpha value is -0.260. The zero-order chi connectivity index (χ0) is 8.20. The SMILES string of the molecule is C.CC(C)=CCCC(C)(C)C. The third-order valence-electron chi connectivity index (χ3n) is 1.45. The maximum atomic E-state index is 2.31. The molecule has 0 spiro atoms. The molecule has 0 radical (unpaired) electrons. The molecule has 0 bridgehead atoms. The fourth-order valence-electron chi connectivity index (χ4n) is 0.794. The lowest BCUT2D eigenvalue weighted by Gasteiger charge is -2.16. The van der Waals surface area contributed by atoms with Gasteiger partial charge in [-0.05, 0) is 32.1 Å². The average Bonchev–Trinajstić information content (AvgIpc) is 1.59. The van der Waals surface area contributed by atoms with Gasteiger partial charge in [-0.3, -0.25) is 0 Å². The van der Waals surface area contributed by atoms with Crippen LogP contribution in [0, 0.1) is 5.41 Å². The van der Waals surface area contributed by atoms with Gasteiger partial charge in [0.1, 0.15) is 0 Å². The Labute approximate surface area is 72.7 Å². The summed E-state index contributed by atoms with van der Waals surface area (Å²) in [7, 11) is 0. The Morgan fingerprint density at radius 2 is 1.64 bits per heavy atom. The lowest BCUT2D eigenvalue weighted by Crippen LogP contribution is -2.03. The predicted molar refractivity (Wildman–Crippen MR) is 54.9 cm³/mol. The minimum Gasteiger partial charge on any atom is -0.0859 e. The molecule has 0 aliphatic rings. The van der Waals surface area contributed by atoms with E-state index in [4.69, 9.17) is 0 Å². The zero-order valence-corrected chi connectivity index (χ0v) is 7.99. The molecule has 0 aromatic rings. The molecule has 0 heterocycles. The van der Waals surface area contributed by atoms with E-state index in [-0.39, 0.29) is 7.43 Å². The highest BCUT2D eigenvalue weighted by Crippen LogP contribution is 2.20. The Morgan fingerprint density at radius 3 is 1.91 bits per heavy atom. The predicted octanol–water partition coefficient (Wildman–Crippen LogP) is 4.42. The summed E-state index contributed by atoms with van der Waals surface area (Å²) < 4.78 is 0. The smallest absolute Gasteiger partial charge is 0.0343 e. The standard InChI is InChI=1S/C10H20.CH4/c1-9(2)7-6-8-10(3,4)5;/h7H,6,8H2,1-5H3;1H4. The van der Waals surface area contributed by atoms with Gasteiger partial charge in [0.25, 0.3) is 0 Å². The molecule has 0 fully saturated rings. The van der Waals surface area contributed by atoms with E-state index in [1.165, 1.54) is 18.4 Å². The van der Waals surface area contributed by atoms with E-state index in [9.17, 15) is 0 Å². The second-order valence-corrected chi connectivity index (χ2v) is 4.38. The molecule has 68 valence electrons. The molecule has 0 saturated heterocycles. The topological polar surface area (TPSA) is 0 Å². The normalized spacial score (nSPS) is 10.3. The monoisotopic (exact) mass is 156 g/mol. The van der Waals surface area contributed by atoms with E-state index in [1.54, 1.807) is 0 Å². The molecular formula is C11H24. The summed E-state index contributed by atoms with van der Waals surface area (Å²) in [5, 5.41) is 0. The van der Waals surface area contributed by atoms with Crippen LogP contribution in [0.1, 0.15) is 54.9 Å². The molecule has 0 nitrogen and oxygen atoms in total. The molecule has 11 heavy (non-hydrogen) atoms. The van der Waals surface area contributed by atoms with Crippen LogP contribution in [-0.2, 0) is 0 Å². The van der Waals surface area contributed by atoms with Crippen LogP contribution in [0.4, 0.5) is 0 Å². The van der Waals surface area contributed by atoms with Crippen molar-refractivity contribution in [2.75, 3.05) is 0 Å². The van der Waals surface area contributed by atoms with Crippen LogP contribution in [0.2, 0.25) is 0 Å². The molecule has 0 N–H and O–H groups in total. The van der Waals surface area contributed by atoms with Gasteiger partial charge in [-0.1, -0.05) is 39.8 Å². The fourth-order valence-corrected chi connectivity index (χ4v) is 0.794. The Balaban J connectivity index is 0. The van der Waals surface area contributed by atoms with Gasteiger partial charge >= 0.3 is 0 Å². The van der Waals surface area contributed by atoms with E-state index < -0.39 is 0 Å².